The number of thiophene rings is 10. The van der Waals surface area contributed by atoms with Gasteiger partial charge < -0.3 is 9.47 Å². The van der Waals surface area contributed by atoms with E-state index in [0.717, 1.165) is 47.7 Å². The molecule has 0 atom stereocenters. The van der Waals surface area contributed by atoms with Crippen LogP contribution in [0.25, 0.3) is 109 Å². The maximum absolute atomic E-state index is 11.3. The van der Waals surface area contributed by atoms with Crippen LogP contribution >= 0.6 is 241 Å². The van der Waals surface area contributed by atoms with Gasteiger partial charge in [-0.05, 0) is 202 Å². The molecular formula is C50H24Br8O4S10. The fourth-order valence-electron chi connectivity index (χ4n) is 7.77. The van der Waals surface area contributed by atoms with Crippen molar-refractivity contribution < 1.29 is 19.1 Å². The van der Waals surface area contributed by atoms with Crippen molar-refractivity contribution in [3.8, 4) is 51.9 Å². The second kappa shape index (κ2) is 21.5. The summed E-state index contributed by atoms with van der Waals surface area (Å²) in [6.07, 6.45) is 8.51. The molecule has 22 heteroatoms. The standard InChI is InChI=1S/C26H12Br4O4S4.C24H12Br4S6/c1-9(31)33-11-3-5-13(15(27)7-11)19-17(29)21-23(35-19)25-26(37-21)24-22(38-25)18(30)20(36-24)14-6-4-12(8-16(14)28)34-10(2)32;1-3-5-9-7-11(25)15(29-9)17-13(27)19-21(31-17)23-24(33-19)22-20(34-23)14(28)18(32-22)16-12(26)8-10(30-16)6-4-2/h3-8H,1-2H3;3-8H,1-2H3/b;5-3+,6-4+. The number of carbonyl (C=O) groups is 2. The van der Waals surface area contributed by atoms with Gasteiger partial charge in [0.2, 0.25) is 0 Å². The molecule has 0 saturated carbocycles. The van der Waals surface area contributed by atoms with Crippen molar-refractivity contribution in [1.29, 1.82) is 0 Å². The molecule has 0 aliphatic rings. The molecule has 364 valence electrons. The first-order chi connectivity index (χ1) is 34.5. The minimum absolute atomic E-state index is 0.344. The topological polar surface area (TPSA) is 52.6 Å². The van der Waals surface area contributed by atoms with Crippen molar-refractivity contribution in [2.75, 3.05) is 0 Å². The van der Waals surface area contributed by atoms with E-state index < -0.39 is 0 Å². The molecule has 10 heterocycles. The number of benzene rings is 2. The van der Waals surface area contributed by atoms with Crippen molar-refractivity contribution in [2.24, 2.45) is 0 Å². The molecular weight excluding hydrogens is 1620 g/mol. The smallest absolute Gasteiger partial charge is 0.308 e. The molecule has 0 amide bonds. The van der Waals surface area contributed by atoms with Gasteiger partial charge in [-0.2, -0.15) is 0 Å². The van der Waals surface area contributed by atoms with E-state index in [4.69, 9.17) is 9.47 Å². The highest BCUT2D eigenvalue weighted by atomic mass is 79.9. The lowest BCUT2D eigenvalue weighted by atomic mass is 10.2. The molecule has 0 fully saturated rings. The Morgan fingerprint density at radius 3 is 0.986 bits per heavy atom. The Labute approximate surface area is 518 Å². The molecule has 12 rings (SSSR count). The van der Waals surface area contributed by atoms with Gasteiger partial charge in [0.15, 0.2) is 0 Å². The van der Waals surface area contributed by atoms with Crippen LogP contribution in [0.3, 0.4) is 0 Å². The van der Waals surface area contributed by atoms with Gasteiger partial charge in [0.1, 0.15) is 11.5 Å². The first-order valence-electron chi connectivity index (χ1n) is 20.8. The quantitative estimate of drug-likeness (QED) is 0.112. The number of fused-ring (bicyclic) bond motifs is 10. The number of hydrogen-bond acceptors (Lipinski definition) is 14. The van der Waals surface area contributed by atoms with Crippen molar-refractivity contribution >= 4 is 321 Å². The number of hydrogen-bond donors (Lipinski definition) is 0. The number of rotatable bonds is 8. The number of esters is 2. The van der Waals surface area contributed by atoms with Gasteiger partial charge in [-0.15, -0.1) is 113 Å². The summed E-state index contributed by atoms with van der Waals surface area (Å²) in [6.45, 7) is 6.91. The largest absolute Gasteiger partial charge is 0.427 e. The third-order valence-corrected chi connectivity index (χ3v) is 32.6. The van der Waals surface area contributed by atoms with Crippen LogP contribution in [0.5, 0.6) is 11.5 Å². The van der Waals surface area contributed by atoms with E-state index >= 15 is 0 Å². The van der Waals surface area contributed by atoms with Gasteiger partial charge in [0, 0.05) is 52.6 Å². The van der Waals surface area contributed by atoms with Gasteiger partial charge in [-0.25, -0.2) is 0 Å². The lowest BCUT2D eigenvalue weighted by Crippen LogP contribution is -2.01. The average molecular weight is 1650 g/mol. The van der Waals surface area contributed by atoms with E-state index in [1.54, 1.807) is 45.3 Å². The molecule has 0 N–H and O–H groups in total. The minimum Gasteiger partial charge on any atom is -0.427 e. The second-order valence-corrected chi connectivity index (χ2v) is 32.4. The molecule has 72 heavy (non-hydrogen) atoms. The van der Waals surface area contributed by atoms with E-state index in [-0.39, 0.29) is 11.9 Å². The van der Waals surface area contributed by atoms with Crippen molar-refractivity contribution in [3.05, 3.63) is 106 Å². The summed E-state index contributed by atoms with van der Waals surface area (Å²) in [7, 11) is 0. The summed E-state index contributed by atoms with van der Waals surface area (Å²) in [6, 6.07) is 15.6. The molecule has 2 aromatic carbocycles. The summed E-state index contributed by atoms with van der Waals surface area (Å²) in [5.41, 5.74) is 2.08. The van der Waals surface area contributed by atoms with Gasteiger partial charge in [0.25, 0.3) is 0 Å². The Hall–Kier alpha value is -0.740. The predicted molar refractivity (Wildman–Crippen MR) is 352 cm³/mol. The van der Waals surface area contributed by atoms with Crippen molar-refractivity contribution in [2.45, 2.75) is 27.7 Å². The third kappa shape index (κ3) is 9.61. The summed E-state index contributed by atoms with van der Waals surface area (Å²) in [5.74, 6) is 0.333. The Morgan fingerprint density at radius 1 is 0.375 bits per heavy atom. The predicted octanol–water partition coefficient (Wildman–Crippen LogP) is 25.6. The zero-order chi connectivity index (χ0) is 50.6. The van der Waals surface area contributed by atoms with Gasteiger partial charge >= 0.3 is 11.9 Å². The van der Waals surface area contributed by atoms with Crippen LogP contribution in [-0.4, -0.2) is 11.9 Å². The molecule has 0 radical (unpaired) electrons. The highest BCUT2D eigenvalue weighted by molar-refractivity contribution is 9.12. The zero-order valence-electron chi connectivity index (χ0n) is 36.7. The molecule has 4 nitrogen and oxygen atoms in total. The molecule has 0 unspecified atom stereocenters. The molecule has 10 aromatic heterocycles. The lowest BCUT2D eigenvalue weighted by molar-refractivity contribution is -0.132. The molecule has 0 bridgehead atoms. The summed E-state index contributed by atoms with van der Waals surface area (Å²) in [4.78, 5) is 32.6. The highest BCUT2D eigenvalue weighted by Crippen LogP contribution is 2.61. The van der Waals surface area contributed by atoms with Crippen LogP contribution in [0.1, 0.15) is 37.4 Å². The van der Waals surface area contributed by atoms with Gasteiger partial charge in [-0.3, -0.25) is 9.59 Å². The average Bonchev–Trinajstić information content (AvgIpc) is 4.21. The highest BCUT2D eigenvalue weighted by Gasteiger charge is 2.28. The molecule has 0 spiro atoms. The van der Waals surface area contributed by atoms with Gasteiger partial charge in [0.05, 0.1) is 104 Å². The fourth-order valence-corrected chi connectivity index (χ4v) is 29.2. The van der Waals surface area contributed by atoms with E-state index in [2.05, 4.69) is 178 Å². The normalized spacial score (nSPS) is 12.2. The maximum atomic E-state index is 11.3. The Balaban J connectivity index is 0.000000157. The van der Waals surface area contributed by atoms with Gasteiger partial charge in [-0.1, -0.05) is 12.2 Å². The molecule has 0 aliphatic carbocycles. The summed E-state index contributed by atoms with van der Waals surface area (Å²) >= 11 is 49.0. The molecule has 12 aromatic rings. The fraction of sp³-hybridized carbons (Fsp3) is 0.0800. The number of ether oxygens (including phenoxy) is 2. The number of carbonyl (C=O) groups excluding carboxylic acids is 2. The maximum Gasteiger partial charge on any atom is 0.308 e. The number of allylic oxidation sites excluding steroid dienone is 2. The Kier molecular flexibility index (Phi) is 15.9. The monoisotopic (exact) mass is 1640 g/mol. The minimum atomic E-state index is -0.344. The van der Waals surface area contributed by atoms with Crippen LogP contribution in [0.4, 0.5) is 0 Å². The van der Waals surface area contributed by atoms with E-state index in [0.29, 0.717) is 11.5 Å². The first-order valence-corrected chi connectivity index (χ1v) is 35.4. The van der Waals surface area contributed by atoms with Crippen LogP contribution in [-0.2, 0) is 9.59 Å². The zero-order valence-corrected chi connectivity index (χ0v) is 57.5. The Morgan fingerprint density at radius 2 is 0.681 bits per heavy atom. The third-order valence-electron chi connectivity index (χ3n) is 10.7. The van der Waals surface area contributed by atoms with Crippen LogP contribution < -0.4 is 9.47 Å². The SMILES string of the molecule is C/C=C/c1cc(Br)c(-c2sc3c(sc4c5sc(-c6sc(/C=C/C)cc6Br)c(Br)c5sc34)c2Br)s1.CC(=O)Oc1ccc(-c2sc3c(sc4c5sc(-c6ccc(OC(C)=O)cc6Br)c(Br)c5sc34)c2Br)c(Br)c1. The van der Waals surface area contributed by atoms with Crippen LogP contribution in [0, 0.1) is 0 Å². The molecule has 0 saturated heterocycles. The first kappa shape index (κ1) is 53.3. The van der Waals surface area contributed by atoms with Crippen molar-refractivity contribution in [3.63, 3.8) is 0 Å². The lowest BCUT2D eigenvalue weighted by Gasteiger charge is -2.06. The van der Waals surface area contributed by atoms with E-state index in [9.17, 15) is 9.59 Å². The van der Waals surface area contributed by atoms with E-state index in [1.165, 1.54) is 108 Å². The number of halogens is 8. The van der Waals surface area contributed by atoms with Crippen LogP contribution in [0.15, 0.2) is 96.5 Å². The van der Waals surface area contributed by atoms with E-state index in [1.807, 2.05) is 104 Å². The Bertz CT molecular complexity index is 4000. The van der Waals surface area contributed by atoms with Crippen LogP contribution in [0.2, 0.25) is 0 Å². The summed E-state index contributed by atoms with van der Waals surface area (Å²) in [5, 5.41) is 0. The molecule has 0 aliphatic heterocycles. The second-order valence-electron chi connectivity index (χ2n) is 15.5. The van der Waals surface area contributed by atoms with Crippen molar-refractivity contribution in [1.82, 2.24) is 0 Å². The summed E-state index contributed by atoms with van der Waals surface area (Å²) < 4.78 is 34.9.